The molecule has 0 saturated carbocycles. The van der Waals surface area contributed by atoms with Crippen molar-refractivity contribution in [1.29, 1.82) is 0 Å². The summed E-state index contributed by atoms with van der Waals surface area (Å²) in [5.41, 5.74) is 0. The second kappa shape index (κ2) is 6.23. The molecule has 8 heteroatoms. The van der Waals surface area contributed by atoms with Gasteiger partial charge in [0.15, 0.2) is 0 Å². The summed E-state index contributed by atoms with van der Waals surface area (Å²) in [7, 11) is 0. The first-order chi connectivity index (χ1) is 8.74. The number of hydrogen-bond acceptors (Lipinski definition) is 4. The highest BCUT2D eigenvalue weighted by molar-refractivity contribution is 5.81. The summed E-state index contributed by atoms with van der Waals surface area (Å²) >= 11 is 0. The Bertz CT molecular complexity index is 347. The van der Waals surface area contributed by atoms with E-state index in [4.69, 9.17) is 4.74 Å². The number of carbonyl (C=O) groups is 2. The number of nitrogens with zero attached hydrogens (tertiary/aromatic N) is 2. The van der Waals surface area contributed by atoms with Crippen LogP contribution in [0, 0.1) is 0 Å². The van der Waals surface area contributed by atoms with Gasteiger partial charge in [0, 0.05) is 13.1 Å². The number of carbonyl (C=O) groups excluding carboxylic acids is 2. The van der Waals surface area contributed by atoms with E-state index >= 15 is 0 Å². The maximum absolute atomic E-state index is 12.2. The molecule has 1 unspecified atom stereocenters. The SMILES string of the molecule is CCOC(=O)C(C)N1CCN(CC(F)(F)F)C(=O)C1. The Morgan fingerprint density at radius 3 is 2.53 bits per heavy atom. The molecule has 0 bridgehead atoms. The van der Waals surface area contributed by atoms with Gasteiger partial charge in [0.2, 0.25) is 5.91 Å². The summed E-state index contributed by atoms with van der Waals surface area (Å²) in [6.45, 7) is 2.21. The van der Waals surface area contributed by atoms with Crippen molar-refractivity contribution in [3.05, 3.63) is 0 Å². The summed E-state index contributed by atoms with van der Waals surface area (Å²) in [5.74, 6) is -1.10. The third-order valence-corrected chi connectivity index (χ3v) is 2.89. The van der Waals surface area contributed by atoms with Gasteiger partial charge in [-0.1, -0.05) is 0 Å². The van der Waals surface area contributed by atoms with Crippen LogP contribution in [0.1, 0.15) is 13.8 Å². The monoisotopic (exact) mass is 282 g/mol. The minimum absolute atomic E-state index is 0.0396. The number of alkyl halides is 3. The molecular formula is C11H17F3N2O3. The molecule has 0 aromatic rings. The first-order valence-electron chi connectivity index (χ1n) is 5.99. The van der Waals surface area contributed by atoms with Gasteiger partial charge in [0.1, 0.15) is 12.6 Å². The minimum Gasteiger partial charge on any atom is -0.465 e. The molecule has 1 aliphatic heterocycles. The molecule has 1 atom stereocenters. The van der Waals surface area contributed by atoms with Gasteiger partial charge < -0.3 is 9.64 Å². The quantitative estimate of drug-likeness (QED) is 0.710. The van der Waals surface area contributed by atoms with Crippen LogP contribution in [0.5, 0.6) is 0 Å². The highest BCUT2D eigenvalue weighted by Gasteiger charge is 2.37. The lowest BCUT2D eigenvalue weighted by Gasteiger charge is -2.36. The molecule has 1 saturated heterocycles. The zero-order valence-corrected chi connectivity index (χ0v) is 10.9. The van der Waals surface area contributed by atoms with Gasteiger partial charge in [-0.3, -0.25) is 14.5 Å². The van der Waals surface area contributed by atoms with E-state index in [0.717, 1.165) is 4.90 Å². The molecule has 110 valence electrons. The Balaban J connectivity index is 2.54. The number of ether oxygens (including phenoxy) is 1. The molecule has 1 fully saturated rings. The first kappa shape index (κ1) is 15.7. The van der Waals surface area contributed by atoms with E-state index in [2.05, 4.69) is 0 Å². The number of rotatable bonds is 4. The summed E-state index contributed by atoms with van der Waals surface area (Å²) in [6, 6.07) is -0.628. The highest BCUT2D eigenvalue weighted by Crippen LogP contribution is 2.18. The van der Waals surface area contributed by atoms with Crippen molar-refractivity contribution in [2.24, 2.45) is 0 Å². The molecule has 0 N–H and O–H groups in total. The van der Waals surface area contributed by atoms with Crippen LogP contribution in [0.2, 0.25) is 0 Å². The molecular weight excluding hydrogens is 265 g/mol. The molecule has 0 spiro atoms. The average molecular weight is 282 g/mol. The molecule has 0 aromatic carbocycles. The summed E-state index contributed by atoms with van der Waals surface area (Å²) < 4.78 is 41.5. The van der Waals surface area contributed by atoms with Gasteiger partial charge in [-0.25, -0.2) is 0 Å². The Hall–Kier alpha value is -1.31. The summed E-state index contributed by atoms with van der Waals surface area (Å²) in [4.78, 5) is 25.4. The number of piperazine rings is 1. The maximum Gasteiger partial charge on any atom is 0.406 e. The largest absolute Gasteiger partial charge is 0.465 e. The van der Waals surface area contributed by atoms with E-state index in [-0.39, 0.29) is 26.2 Å². The zero-order chi connectivity index (χ0) is 14.6. The highest BCUT2D eigenvalue weighted by atomic mass is 19.4. The fourth-order valence-corrected chi connectivity index (χ4v) is 1.85. The molecule has 1 rings (SSSR count). The van der Waals surface area contributed by atoms with Crippen LogP contribution in [-0.2, 0) is 14.3 Å². The molecule has 5 nitrogen and oxygen atoms in total. The van der Waals surface area contributed by atoms with Crippen molar-refractivity contribution in [2.45, 2.75) is 26.1 Å². The topological polar surface area (TPSA) is 49.9 Å². The van der Waals surface area contributed by atoms with E-state index < -0.39 is 30.6 Å². The van der Waals surface area contributed by atoms with Gasteiger partial charge in [-0.15, -0.1) is 0 Å². The first-order valence-corrected chi connectivity index (χ1v) is 5.99. The van der Waals surface area contributed by atoms with Crippen LogP contribution in [-0.4, -0.2) is 66.7 Å². The lowest BCUT2D eigenvalue weighted by molar-refractivity contribution is -0.168. The third kappa shape index (κ3) is 4.70. The number of halogens is 3. The van der Waals surface area contributed by atoms with E-state index in [1.807, 2.05) is 0 Å². The molecule has 0 aromatic heterocycles. The van der Waals surface area contributed by atoms with Gasteiger partial charge in [0.05, 0.1) is 13.2 Å². The van der Waals surface area contributed by atoms with Crippen LogP contribution in [0.25, 0.3) is 0 Å². The average Bonchev–Trinajstić information content (AvgIpc) is 2.29. The van der Waals surface area contributed by atoms with Crippen LogP contribution in [0.15, 0.2) is 0 Å². The molecule has 1 aliphatic rings. The van der Waals surface area contributed by atoms with Gasteiger partial charge in [-0.2, -0.15) is 13.2 Å². The van der Waals surface area contributed by atoms with Crippen LogP contribution >= 0.6 is 0 Å². The zero-order valence-electron chi connectivity index (χ0n) is 10.9. The fourth-order valence-electron chi connectivity index (χ4n) is 1.85. The lowest BCUT2D eigenvalue weighted by atomic mass is 10.2. The Morgan fingerprint density at radius 2 is 2.05 bits per heavy atom. The van der Waals surface area contributed by atoms with Gasteiger partial charge in [0.25, 0.3) is 0 Å². The van der Waals surface area contributed by atoms with Crippen molar-refractivity contribution in [3.63, 3.8) is 0 Å². The van der Waals surface area contributed by atoms with Gasteiger partial charge >= 0.3 is 12.1 Å². The van der Waals surface area contributed by atoms with E-state index in [9.17, 15) is 22.8 Å². The maximum atomic E-state index is 12.2. The third-order valence-electron chi connectivity index (χ3n) is 2.89. The summed E-state index contributed by atoms with van der Waals surface area (Å²) in [6.07, 6.45) is -4.40. The Kier molecular flexibility index (Phi) is 5.16. The Morgan fingerprint density at radius 1 is 1.42 bits per heavy atom. The lowest BCUT2D eigenvalue weighted by Crippen LogP contribution is -2.56. The standard InChI is InChI=1S/C11H17F3N2O3/c1-3-19-10(18)8(2)15-4-5-16(9(17)6-15)7-11(12,13)14/h8H,3-7H2,1-2H3. The molecule has 0 radical (unpaired) electrons. The number of amides is 1. The molecule has 0 aliphatic carbocycles. The van der Waals surface area contributed by atoms with E-state index in [1.165, 1.54) is 4.90 Å². The minimum atomic E-state index is -4.40. The van der Waals surface area contributed by atoms with Crippen molar-refractivity contribution in [3.8, 4) is 0 Å². The number of hydrogen-bond donors (Lipinski definition) is 0. The molecule has 19 heavy (non-hydrogen) atoms. The second-order valence-electron chi connectivity index (χ2n) is 4.33. The molecule has 1 heterocycles. The second-order valence-corrected chi connectivity index (χ2v) is 4.33. The van der Waals surface area contributed by atoms with E-state index in [1.54, 1.807) is 13.8 Å². The van der Waals surface area contributed by atoms with Crippen molar-refractivity contribution in [1.82, 2.24) is 9.80 Å². The summed E-state index contributed by atoms with van der Waals surface area (Å²) in [5, 5.41) is 0. The fraction of sp³-hybridized carbons (Fsp3) is 0.818. The predicted octanol–water partition coefficient (Wildman–Crippen LogP) is 0.645. The predicted molar refractivity (Wildman–Crippen MR) is 60.3 cm³/mol. The van der Waals surface area contributed by atoms with E-state index in [0.29, 0.717) is 0 Å². The van der Waals surface area contributed by atoms with Crippen molar-refractivity contribution >= 4 is 11.9 Å². The Labute approximate surface area is 109 Å². The normalized spacial score (nSPS) is 19.4. The van der Waals surface area contributed by atoms with Crippen LogP contribution in [0.4, 0.5) is 13.2 Å². The molecule has 1 amide bonds. The van der Waals surface area contributed by atoms with Crippen LogP contribution in [0.3, 0.4) is 0 Å². The van der Waals surface area contributed by atoms with Crippen molar-refractivity contribution < 1.29 is 27.5 Å². The number of esters is 1. The smallest absolute Gasteiger partial charge is 0.406 e. The van der Waals surface area contributed by atoms with Crippen LogP contribution < -0.4 is 0 Å². The van der Waals surface area contributed by atoms with Gasteiger partial charge in [-0.05, 0) is 13.8 Å². The van der Waals surface area contributed by atoms with Crippen molar-refractivity contribution in [2.75, 3.05) is 32.8 Å².